The minimum atomic E-state index is -4.78. The first-order chi connectivity index (χ1) is 18.9. The van der Waals surface area contributed by atoms with Crippen molar-refractivity contribution in [3.8, 4) is 17.2 Å². The lowest BCUT2D eigenvalue weighted by atomic mass is 10.2. The summed E-state index contributed by atoms with van der Waals surface area (Å²) < 4.78 is 52.7. The number of nitrogens with one attached hydrogen (secondary N) is 2. The number of ether oxygens (including phenoxy) is 2. The van der Waals surface area contributed by atoms with Crippen LogP contribution in [0.2, 0.25) is 0 Å². The second kappa shape index (κ2) is 11.5. The summed E-state index contributed by atoms with van der Waals surface area (Å²) in [7, 11) is 0. The van der Waals surface area contributed by atoms with Crippen molar-refractivity contribution in [2.45, 2.75) is 39.1 Å². The lowest BCUT2D eigenvalue weighted by Crippen LogP contribution is -2.32. The predicted molar refractivity (Wildman–Crippen MR) is 143 cm³/mol. The molecule has 0 radical (unpaired) electrons. The maximum absolute atomic E-state index is 13.6. The number of amides is 2. The van der Waals surface area contributed by atoms with Crippen LogP contribution in [0.5, 0.6) is 11.5 Å². The van der Waals surface area contributed by atoms with E-state index in [2.05, 4.69) is 15.7 Å². The van der Waals surface area contributed by atoms with Gasteiger partial charge >= 0.3 is 12.3 Å². The highest BCUT2D eigenvalue weighted by Crippen LogP contribution is 2.30. The Bertz CT molecular complexity index is 1500. The number of hydrogen-bond donors (Lipinski definition) is 2. The summed E-state index contributed by atoms with van der Waals surface area (Å²) >= 11 is 0. The molecule has 0 fully saturated rings. The van der Waals surface area contributed by atoms with Gasteiger partial charge in [0.05, 0.1) is 5.69 Å². The molecular formula is C29H27F3N4O4. The zero-order valence-corrected chi connectivity index (χ0v) is 22.0. The maximum Gasteiger partial charge on any atom is 0.435 e. The van der Waals surface area contributed by atoms with E-state index in [4.69, 9.17) is 9.47 Å². The fourth-order valence-electron chi connectivity index (χ4n) is 3.62. The van der Waals surface area contributed by atoms with Crippen LogP contribution in [0.1, 0.15) is 42.5 Å². The quantitative estimate of drug-likeness (QED) is 0.259. The number of benzene rings is 3. The average molecular weight is 553 g/mol. The molecule has 8 nitrogen and oxygen atoms in total. The largest absolute Gasteiger partial charge is 0.457 e. The van der Waals surface area contributed by atoms with Crippen molar-refractivity contribution in [3.05, 3.63) is 102 Å². The number of para-hydroxylation sites is 1. The highest BCUT2D eigenvalue weighted by Gasteiger charge is 2.36. The smallest absolute Gasteiger partial charge is 0.435 e. The van der Waals surface area contributed by atoms with Crippen molar-refractivity contribution in [2.75, 3.05) is 5.32 Å². The molecule has 2 amide bonds. The van der Waals surface area contributed by atoms with Crippen molar-refractivity contribution >= 4 is 17.7 Å². The highest BCUT2D eigenvalue weighted by atomic mass is 19.4. The lowest BCUT2D eigenvalue weighted by molar-refractivity contribution is -0.141. The summed E-state index contributed by atoms with van der Waals surface area (Å²) in [6.45, 7) is 5.22. The van der Waals surface area contributed by atoms with Gasteiger partial charge in [-0.2, -0.15) is 18.3 Å². The molecule has 0 aliphatic rings. The predicted octanol–water partition coefficient (Wildman–Crippen LogP) is 6.96. The normalized spacial score (nSPS) is 11.6. The summed E-state index contributed by atoms with van der Waals surface area (Å²) in [5.74, 6) is 0.204. The number of aromatic nitrogens is 2. The Labute approximate surface area is 228 Å². The molecule has 4 aromatic rings. The summed E-state index contributed by atoms with van der Waals surface area (Å²) in [6.07, 6.45) is -5.42. The SMILES string of the molecule is CC(C)(C)OC(=O)NCc1cccc(-n2nc(C(F)(F)F)cc2C(=O)Nc2cccc(Oc3ccccc3)c2)c1. The van der Waals surface area contributed by atoms with Gasteiger partial charge in [-0.1, -0.05) is 36.4 Å². The number of nitrogens with zero attached hydrogens (tertiary/aromatic N) is 2. The van der Waals surface area contributed by atoms with E-state index in [9.17, 15) is 22.8 Å². The summed E-state index contributed by atoms with van der Waals surface area (Å²) in [6, 6.07) is 22.4. The van der Waals surface area contributed by atoms with Gasteiger partial charge in [0.25, 0.3) is 5.91 Å². The molecule has 1 aromatic heterocycles. The van der Waals surface area contributed by atoms with Gasteiger partial charge in [-0.25, -0.2) is 9.48 Å². The number of hydrogen-bond acceptors (Lipinski definition) is 5. The first kappa shape index (κ1) is 28.2. The van der Waals surface area contributed by atoms with Crippen LogP contribution < -0.4 is 15.4 Å². The Hall–Kier alpha value is -4.80. The molecule has 0 spiro atoms. The fraction of sp³-hybridized carbons (Fsp3) is 0.207. The second-order valence-corrected chi connectivity index (χ2v) is 9.75. The minimum Gasteiger partial charge on any atom is -0.457 e. The Morgan fingerprint density at radius 2 is 1.57 bits per heavy atom. The molecule has 4 rings (SSSR count). The molecule has 0 aliphatic carbocycles. The second-order valence-electron chi connectivity index (χ2n) is 9.75. The Kier molecular flexibility index (Phi) is 8.13. The monoisotopic (exact) mass is 552 g/mol. The average Bonchev–Trinajstić information content (AvgIpc) is 3.34. The zero-order chi connectivity index (χ0) is 28.9. The van der Waals surface area contributed by atoms with Gasteiger partial charge in [0.1, 0.15) is 22.8 Å². The molecule has 208 valence electrons. The number of alkyl carbamates (subject to hydrolysis) is 1. The summed E-state index contributed by atoms with van der Waals surface area (Å²) in [5, 5.41) is 8.88. The minimum absolute atomic E-state index is 0.0475. The van der Waals surface area contributed by atoms with E-state index in [1.54, 1.807) is 69.3 Å². The molecule has 0 saturated carbocycles. The van der Waals surface area contributed by atoms with Crippen molar-refractivity contribution in [1.82, 2.24) is 15.1 Å². The molecule has 3 aromatic carbocycles. The zero-order valence-electron chi connectivity index (χ0n) is 22.0. The van der Waals surface area contributed by atoms with Crippen molar-refractivity contribution in [1.29, 1.82) is 0 Å². The van der Waals surface area contributed by atoms with E-state index >= 15 is 0 Å². The van der Waals surface area contributed by atoms with Crippen LogP contribution >= 0.6 is 0 Å². The molecule has 40 heavy (non-hydrogen) atoms. The standard InChI is InChI=1S/C29H27F3N4O4/c1-28(2,3)40-27(38)33-18-19-9-7-11-21(15-19)36-24(17-25(35-36)29(30,31)32)26(37)34-20-10-8-14-23(16-20)39-22-12-5-4-6-13-22/h4-17H,18H2,1-3H3,(H,33,38)(H,34,37). The molecular weight excluding hydrogens is 525 g/mol. The number of halogens is 3. The van der Waals surface area contributed by atoms with Crippen molar-refractivity contribution in [3.63, 3.8) is 0 Å². The van der Waals surface area contributed by atoms with Crippen molar-refractivity contribution < 1.29 is 32.2 Å². The van der Waals surface area contributed by atoms with Gasteiger partial charge < -0.3 is 20.1 Å². The molecule has 0 saturated heterocycles. The van der Waals surface area contributed by atoms with Gasteiger partial charge in [-0.05, 0) is 62.7 Å². The third-order valence-corrected chi connectivity index (χ3v) is 5.29. The lowest BCUT2D eigenvalue weighted by Gasteiger charge is -2.19. The van der Waals surface area contributed by atoms with Crippen LogP contribution in [0.4, 0.5) is 23.7 Å². The molecule has 0 atom stereocenters. The van der Waals surface area contributed by atoms with Crippen LogP contribution in [0.15, 0.2) is 84.9 Å². The third-order valence-electron chi connectivity index (χ3n) is 5.29. The van der Waals surface area contributed by atoms with Gasteiger partial charge in [0.2, 0.25) is 0 Å². The number of carbonyl (C=O) groups is 2. The van der Waals surface area contributed by atoms with Crippen LogP contribution in [-0.4, -0.2) is 27.4 Å². The maximum atomic E-state index is 13.6. The van der Waals surface area contributed by atoms with Gasteiger partial charge in [-0.15, -0.1) is 0 Å². The topological polar surface area (TPSA) is 94.5 Å². The van der Waals surface area contributed by atoms with Gasteiger partial charge in [0.15, 0.2) is 5.69 Å². The Balaban J connectivity index is 1.57. The third kappa shape index (κ3) is 7.62. The fourth-order valence-corrected chi connectivity index (χ4v) is 3.62. The van der Waals surface area contributed by atoms with Crippen LogP contribution in [0.3, 0.4) is 0 Å². The van der Waals surface area contributed by atoms with Gasteiger partial charge in [-0.3, -0.25) is 4.79 Å². The first-order valence-corrected chi connectivity index (χ1v) is 12.3. The van der Waals surface area contributed by atoms with E-state index in [1.807, 2.05) is 18.2 Å². The molecule has 0 unspecified atom stereocenters. The summed E-state index contributed by atoms with van der Waals surface area (Å²) in [4.78, 5) is 25.2. The van der Waals surface area contributed by atoms with Gasteiger partial charge in [0, 0.05) is 24.4 Å². The molecule has 2 N–H and O–H groups in total. The molecule has 0 aliphatic heterocycles. The van der Waals surface area contributed by atoms with E-state index in [0.29, 0.717) is 28.8 Å². The van der Waals surface area contributed by atoms with Crippen molar-refractivity contribution in [2.24, 2.45) is 0 Å². The first-order valence-electron chi connectivity index (χ1n) is 12.3. The summed E-state index contributed by atoms with van der Waals surface area (Å²) in [5.41, 5.74) is -1.18. The molecule has 0 bridgehead atoms. The Morgan fingerprint density at radius 3 is 2.27 bits per heavy atom. The van der Waals surface area contributed by atoms with Crippen LogP contribution in [0, 0.1) is 0 Å². The number of rotatable bonds is 7. The van der Waals surface area contributed by atoms with Crippen LogP contribution in [-0.2, 0) is 17.5 Å². The number of anilines is 1. The molecule has 11 heteroatoms. The van der Waals surface area contributed by atoms with E-state index < -0.39 is 29.5 Å². The Morgan fingerprint density at radius 1 is 0.875 bits per heavy atom. The van der Waals surface area contributed by atoms with E-state index in [-0.39, 0.29) is 17.9 Å². The molecule has 1 heterocycles. The number of alkyl halides is 3. The van der Waals surface area contributed by atoms with Crippen LogP contribution in [0.25, 0.3) is 5.69 Å². The van der Waals surface area contributed by atoms with E-state index in [0.717, 1.165) is 4.68 Å². The van der Waals surface area contributed by atoms with E-state index in [1.165, 1.54) is 12.1 Å². The highest BCUT2D eigenvalue weighted by molar-refractivity contribution is 6.03. The number of carbonyl (C=O) groups excluding carboxylic acids is 2.